The van der Waals surface area contributed by atoms with Gasteiger partial charge in [-0.1, -0.05) is 0 Å². The molecule has 5 nitrogen and oxygen atoms in total. The zero-order valence-corrected chi connectivity index (χ0v) is 10.1. The second-order valence-corrected chi connectivity index (χ2v) is 4.79. The molecule has 1 aliphatic carbocycles. The number of aromatic nitrogens is 2. The Hall–Kier alpha value is -2.04. The second kappa shape index (κ2) is 4.33. The first-order valence-corrected chi connectivity index (χ1v) is 6.23. The third kappa shape index (κ3) is 2.16. The number of amides is 1. The molecule has 5 heteroatoms. The van der Waals surface area contributed by atoms with Crippen LogP contribution in [-0.2, 0) is 11.2 Å². The molecule has 0 atom stereocenters. The van der Waals surface area contributed by atoms with Crippen LogP contribution >= 0.6 is 0 Å². The number of nitrogens with one attached hydrogen (secondary N) is 2. The summed E-state index contributed by atoms with van der Waals surface area (Å²) in [6, 6.07) is 1.91. The van der Waals surface area contributed by atoms with E-state index in [0.717, 1.165) is 35.9 Å². The number of nitrogen functional groups attached to an aromatic ring is 1. The maximum atomic E-state index is 11.5. The fraction of sp³-hybridized carbons (Fsp3) is 0.385. The fourth-order valence-electron chi connectivity index (χ4n) is 2.09. The summed E-state index contributed by atoms with van der Waals surface area (Å²) >= 11 is 0. The number of carbonyl (C=O) groups is 1. The van der Waals surface area contributed by atoms with Crippen LogP contribution in [0.15, 0.2) is 18.5 Å². The Morgan fingerprint density at radius 3 is 3.17 bits per heavy atom. The molecule has 0 unspecified atom stereocenters. The van der Waals surface area contributed by atoms with E-state index in [-0.39, 0.29) is 11.8 Å². The average molecular weight is 244 g/mol. The number of pyridine rings is 1. The molecule has 1 aliphatic rings. The lowest BCUT2D eigenvalue weighted by Gasteiger charge is -2.03. The van der Waals surface area contributed by atoms with Crippen molar-refractivity contribution in [2.45, 2.75) is 19.3 Å². The highest BCUT2D eigenvalue weighted by Crippen LogP contribution is 2.28. The van der Waals surface area contributed by atoms with Gasteiger partial charge in [0.2, 0.25) is 5.91 Å². The topological polar surface area (TPSA) is 83.8 Å². The Balaban J connectivity index is 1.66. The quantitative estimate of drug-likeness (QED) is 0.756. The number of aromatic amines is 1. The molecule has 18 heavy (non-hydrogen) atoms. The third-order valence-electron chi connectivity index (χ3n) is 3.28. The van der Waals surface area contributed by atoms with Crippen molar-refractivity contribution in [3.05, 3.63) is 24.0 Å². The summed E-state index contributed by atoms with van der Waals surface area (Å²) in [5.74, 6) is 0.456. The maximum Gasteiger partial charge on any atom is 0.223 e. The van der Waals surface area contributed by atoms with E-state index in [9.17, 15) is 4.79 Å². The van der Waals surface area contributed by atoms with E-state index >= 15 is 0 Å². The van der Waals surface area contributed by atoms with Crippen molar-refractivity contribution in [3.63, 3.8) is 0 Å². The van der Waals surface area contributed by atoms with Crippen LogP contribution in [0.3, 0.4) is 0 Å². The van der Waals surface area contributed by atoms with Gasteiger partial charge in [0.15, 0.2) is 0 Å². The van der Waals surface area contributed by atoms with Crippen molar-refractivity contribution in [1.29, 1.82) is 0 Å². The van der Waals surface area contributed by atoms with Crippen molar-refractivity contribution >= 4 is 22.6 Å². The molecule has 2 aromatic rings. The largest absolute Gasteiger partial charge is 0.397 e. The zero-order valence-electron chi connectivity index (χ0n) is 10.1. The Bertz CT molecular complexity index is 586. The molecule has 0 spiro atoms. The molecule has 1 fully saturated rings. The highest BCUT2D eigenvalue weighted by molar-refractivity contribution is 5.83. The summed E-state index contributed by atoms with van der Waals surface area (Å²) in [5.41, 5.74) is 8.37. The molecule has 2 heterocycles. The minimum atomic E-state index is 0.187. The molecule has 0 saturated heterocycles. The number of rotatable bonds is 4. The molecule has 3 rings (SSSR count). The predicted octanol–water partition coefficient (Wildman–Crippen LogP) is 1.21. The number of fused-ring (bicyclic) bond motifs is 1. The summed E-state index contributed by atoms with van der Waals surface area (Å²) in [6.07, 6.45) is 6.44. The Morgan fingerprint density at radius 2 is 2.39 bits per heavy atom. The number of carbonyl (C=O) groups excluding carboxylic acids is 1. The number of hydrogen-bond acceptors (Lipinski definition) is 3. The number of nitrogens with zero attached hydrogens (tertiary/aromatic N) is 1. The molecule has 0 bridgehead atoms. The van der Waals surface area contributed by atoms with Gasteiger partial charge in [-0.3, -0.25) is 4.79 Å². The zero-order chi connectivity index (χ0) is 12.5. The van der Waals surface area contributed by atoms with Crippen LogP contribution in [0.2, 0.25) is 0 Å². The van der Waals surface area contributed by atoms with Gasteiger partial charge in [-0.15, -0.1) is 0 Å². The van der Waals surface area contributed by atoms with E-state index in [0.29, 0.717) is 12.2 Å². The molecule has 1 amide bonds. The Morgan fingerprint density at radius 1 is 1.56 bits per heavy atom. The van der Waals surface area contributed by atoms with Crippen LogP contribution in [-0.4, -0.2) is 22.4 Å². The van der Waals surface area contributed by atoms with Crippen molar-refractivity contribution < 1.29 is 4.79 Å². The van der Waals surface area contributed by atoms with Crippen molar-refractivity contribution in [3.8, 4) is 0 Å². The summed E-state index contributed by atoms with van der Waals surface area (Å²) < 4.78 is 0. The smallest absolute Gasteiger partial charge is 0.223 e. The lowest BCUT2D eigenvalue weighted by molar-refractivity contribution is -0.122. The normalized spacial score (nSPS) is 14.9. The molecular formula is C13H16N4O. The Kier molecular flexibility index (Phi) is 2.66. The standard InChI is InChI=1S/C13H16N4O/c14-10-5-11-9(6-16-12(11)17-7-10)3-4-15-13(18)8-1-2-8/h5-8H,1-4,14H2,(H,15,18)(H,16,17). The van der Waals surface area contributed by atoms with Gasteiger partial charge in [0, 0.05) is 24.0 Å². The summed E-state index contributed by atoms with van der Waals surface area (Å²) in [7, 11) is 0. The Labute approximate surface area is 105 Å². The van der Waals surface area contributed by atoms with Gasteiger partial charge in [-0.2, -0.15) is 0 Å². The first-order valence-electron chi connectivity index (χ1n) is 6.23. The van der Waals surface area contributed by atoms with E-state index in [1.807, 2.05) is 12.3 Å². The van der Waals surface area contributed by atoms with Crippen LogP contribution in [0, 0.1) is 5.92 Å². The van der Waals surface area contributed by atoms with Crippen LogP contribution in [0.4, 0.5) is 5.69 Å². The van der Waals surface area contributed by atoms with Crippen LogP contribution < -0.4 is 11.1 Å². The van der Waals surface area contributed by atoms with Crippen molar-refractivity contribution in [1.82, 2.24) is 15.3 Å². The van der Waals surface area contributed by atoms with Gasteiger partial charge in [-0.05, 0) is 30.9 Å². The highest BCUT2D eigenvalue weighted by atomic mass is 16.2. The monoisotopic (exact) mass is 244 g/mol. The summed E-state index contributed by atoms with van der Waals surface area (Å²) in [4.78, 5) is 18.8. The van der Waals surface area contributed by atoms with E-state index in [1.54, 1.807) is 6.20 Å². The van der Waals surface area contributed by atoms with Crippen LogP contribution in [0.1, 0.15) is 18.4 Å². The third-order valence-corrected chi connectivity index (χ3v) is 3.28. The molecular weight excluding hydrogens is 228 g/mol. The van der Waals surface area contributed by atoms with Crippen molar-refractivity contribution in [2.75, 3.05) is 12.3 Å². The minimum Gasteiger partial charge on any atom is -0.397 e. The summed E-state index contributed by atoms with van der Waals surface area (Å²) in [6.45, 7) is 0.664. The van der Waals surface area contributed by atoms with E-state index < -0.39 is 0 Å². The maximum absolute atomic E-state index is 11.5. The van der Waals surface area contributed by atoms with Crippen LogP contribution in [0.25, 0.3) is 11.0 Å². The SMILES string of the molecule is Nc1cnc2[nH]cc(CCNC(=O)C3CC3)c2c1. The van der Waals surface area contributed by atoms with Gasteiger partial charge >= 0.3 is 0 Å². The van der Waals surface area contributed by atoms with Gasteiger partial charge < -0.3 is 16.0 Å². The molecule has 94 valence electrons. The molecule has 4 N–H and O–H groups in total. The fourth-order valence-corrected chi connectivity index (χ4v) is 2.09. The first kappa shape index (κ1) is 11.1. The first-order chi connectivity index (χ1) is 8.74. The molecule has 2 aromatic heterocycles. The number of nitrogens with two attached hydrogens (primary N) is 1. The lowest BCUT2D eigenvalue weighted by Crippen LogP contribution is -2.26. The van der Waals surface area contributed by atoms with Gasteiger partial charge in [0.1, 0.15) is 5.65 Å². The van der Waals surface area contributed by atoms with E-state index in [1.165, 1.54) is 0 Å². The van der Waals surface area contributed by atoms with Crippen molar-refractivity contribution in [2.24, 2.45) is 5.92 Å². The highest BCUT2D eigenvalue weighted by Gasteiger charge is 2.29. The van der Waals surface area contributed by atoms with Gasteiger partial charge in [-0.25, -0.2) is 4.98 Å². The molecule has 1 saturated carbocycles. The molecule has 0 radical (unpaired) electrons. The summed E-state index contributed by atoms with van der Waals surface area (Å²) in [5, 5.41) is 4.00. The second-order valence-electron chi connectivity index (χ2n) is 4.79. The molecule has 0 aliphatic heterocycles. The number of anilines is 1. The van der Waals surface area contributed by atoms with E-state index in [2.05, 4.69) is 15.3 Å². The lowest BCUT2D eigenvalue weighted by atomic mass is 10.1. The van der Waals surface area contributed by atoms with E-state index in [4.69, 9.17) is 5.73 Å². The average Bonchev–Trinajstić information content (AvgIpc) is 3.13. The predicted molar refractivity (Wildman–Crippen MR) is 69.9 cm³/mol. The number of H-pyrrole nitrogens is 1. The van der Waals surface area contributed by atoms with Crippen LogP contribution in [0.5, 0.6) is 0 Å². The van der Waals surface area contributed by atoms with Gasteiger partial charge in [0.25, 0.3) is 0 Å². The molecule has 0 aromatic carbocycles. The van der Waals surface area contributed by atoms with Gasteiger partial charge in [0.05, 0.1) is 11.9 Å². The number of hydrogen-bond donors (Lipinski definition) is 3. The minimum absolute atomic E-state index is 0.187.